The molecule has 0 saturated carbocycles. The van der Waals surface area contributed by atoms with Gasteiger partial charge < -0.3 is 10.6 Å². The van der Waals surface area contributed by atoms with Gasteiger partial charge in [-0.2, -0.15) is 0 Å². The molecule has 0 fully saturated rings. The maximum atomic E-state index is 10.7. The largest absolute Gasteiger partial charge is 0.374 e. The van der Waals surface area contributed by atoms with E-state index in [-0.39, 0.29) is 0 Å². The second-order valence-electron chi connectivity index (χ2n) is 4.00. The number of rotatable bonds is 6. The Morgan fingerprint density at radius 1 is 1.32 bits per heavy atom. The van der Waals surface area contributed by atoms with Gasteiger partial charge in [0.1, 0.15) is 5.82 Å². The van der Waals surface area contributed by atoms with Gasteiger partial charge in [-0.15, -0.1) is 0 Å². The molecule has 0 bridgehead atoms. The minimum atomic E-state index is 0.356. The van der Waals surface area contributed by atoms with E-state index >= 15 is 0 Å². The van der Waals surface area contributed by atoms with E-state index in [0.29, 0.717) is 22.2 Å². The van der Waals surface area contributed by atoms with Crippen LogP contribution >= 0.6 is 15.9 Å². The van der Waals surface area contributed by atoms with E-state index in [4.69, 9.17) is 0 Å². The van der Waals surface area contributed by atoms with Gasteiger partial charge in [-0.05, 0) is 28.4 Å². The monoisotopic (exact) mass is 320 g/mol. The van der Waals surface area contributed by atoms with Crippen molar-refractivity contribution in [2.24, 2.45) is 0 Å². The Balaban J connectivity index is 3.01. The molecule has 3 nitrogen and oxygen atoms in total. The number of hydrogen-bond acceptors (Lipinski definition) is 3. The molecule has 1 aromatic rings. The topological polar surface area (TPSA) is 41.1 Å². The molecule has 0 amide bonds. The number of aldehydes is 1. The molecule has 4 heteroatoms. The molecule has 0 spiro atoms. The van der Waals surface area contributed by atoms with Crippen molar-refractivity contribution < 1.29 is 4.79 Å². The van der Waals surface area contributed by atoms with Crippen LogP contribution in [0.15, 0.2) is 53.3 Å². The van der Waals surface area contributed by atoms with Crippen LogP contribution in [0.1, 0.15) is 11.1 Å². The standard InChI is InChI=1S/C15H17BrN2O/c1-10-7-5-6-8-13(10)12(3)18-15(17-4)14(16)11(2)9-19/h5-9,17-18H,2-3H2,1,4H3/b15-14-. The van der Waals surface area contributed by atoms with Gasteiger partial charge in [0.05, 0.1) is 4.48 Å². The van der Waals surface area contributed by atoms with Gasteiger partial charge in [-0.25, -0.2) is 0 Å². The lowest BCUT2D eigenvalue weighted by Gasteiger charge is -2.16. The summed E-state index contributed by atoms with van der Waals surface area (Å²) in [5.74, 6) is 0.644. The molecule has 0 radical (unpaired) electrons. The third-order valence-electron chi connectivity index (χ3n) is 2.64. The van der Waals surface area contributed by atoms with Crippen molar-refractivity contribution in [2.75, 3.05) is 7.05 Å². The van der Waals surface area contributed by atoms with Crippen LogP contribution in [0.3, 0.4) is 0 Å². The zero-order valence-corrected chi connectivity index (χ0v) is 12.7. The lowest BCUT2D eigenvalue weighted by molar-refractivity contribution is -0.104. The summed E-state index contributed by atoms with van der Waals surface area (Å²) in [6.45, 7) is 9.69. The van der Waals surface area contributed by atoms with Crippen molar-refractivity contribution >= 4 is 27.9 Å². The van der Waals surface area contributed by atoms with Crippen LogP contribution in [-0.4, -0.2) is 13.3 Å². The quantitative estimate of drug-likeness (QED) is 0.481. The van der Waals surface area contributed by atoms with Gasteiger partial charge in [0.25, 0.3) is 0 Å². The summed E-state index contributed by atoms with van der Waals surface area (Å²) in [5, 5.41) is 6.12. The predicted molar refractivity (Wildman–Crippen MR) is 83.6 cm³/mol. The number of allylic oxidation sites excluding steroid dienone is 2. The number of nitrogens with one attached hydrogen (secondary N) is 2. The highest BCUT2D eigenvalue weighted by Gasteiger charge is 2.09. The van der Waals surface area contributed by atoms with Gasteiger partial charge in [0.2, 0.25) is 0 Å². The van der Waals surface area contributed by atoms with E-state index in [1.54, 1.807) is 7.05 Å². The Morgan fingerprint density at radius 2 is 1.95 bits per heavy atom. The summed E-state index contributed by atoms with van der Waals surface area (Å²) in [6.07, 6.45) is 0.694. The molecule has 1 aromatic carbocycles. The van der Waals surface area contributed by atoms with E-state index < -0.39 is 0 Å². The molecule has 0 atom stereocenters. The molecule has 0 unspecified atom stereocenters. The summed E-state index contributed by atoms with van der Waals surface area (Å²) < 4.78 is 0.583. The maximum Gasteiger partial charge on any atom is 0.150 e. The normalized spacial score (nSPS) is 11.3. The Morgan fingerprint density at radius 3 is 2.47 bits per heavy atom. The first-order valence-electron chi connectivity index (χ1n) is 5.75. The summed E-state index contributed by atoms with van der Waals surface area (Å²) >= 11 is 3.33. The second kappa shape index (κ2) is 6.95. The summed E-state index contributed by atoms with van der Waals surface area (Å²) in [4.78, 5) is 10.7. The third-order valence-corrected chi connectivity index (χ3v) is 3.55. The molecular weight excluding hydrogens is 304 g/mol. The van der Waals surface area contributed by atoms with Gasteiger partial charge in [-0.3, -0.25) is 4.79 Å². The van der Waals surface area contributed by atoms with Gasteiger partial charge in [0, 0.05) is 23.9 Å². The fraction of sp³-hybridized carbons (Fsp3) is 0.133. The fourth-order valence-electron chi connectivity index (χ4n) is 1.57. The van der Waals surface area contributed by atoms with E-state index in [2.05, 4.69) is 39.7 Å². The molecule has 0 heterocycles. The van der Waals surface area contributed by atoms with Gasteiger partial charge in [0.15, 0.2) is 6.29 Å². The highest BCUT2D eigenvalue weighted by Crippen LogP contribution is 2.20. The van der Waals surface area contributed by atoms with Crippen LogP contribution in [-0.2, 0) is 4.79 Å². The number of hydrogen-bond donors (Lipinski definition) is 2. The van der Waals surface area contributed by atoms with Gasteiger partial charge >= 0.3 is 0 Å². The van der Waals surface area contributed by atoms with E-state index in [0.717, 1.165) is 16.8 Å². The van der Waals surface area contributed by atoms with Crippen molar-refractivity contribution in [2.45, 2.75) is 6.92 Å². The number of halogens is 1. The van der Waals surface area contributed by atoms with Crippen LogP contribution in [0, 0.1) is 6.92 Å². The fourth-order valence-corrected chi connectivity index (χ4v) is 1.96. The summed E-state index contributed by atoms with van der Waals surface area (Å²) in [7, 11) is 1.76. The number of carbonyl (C=O) groups excluding carboxylic acids is 1. The number of benzene rings is 1. The minimum Gasteiger partial charge on any atom is -0.374 e. The van der Waals surface area contributed by atoms with Crippen LogP contribution in [0.5, 0.6) is 0 Å². The highest BCUT2D eigenvalue weighted by atomic mass is 79.9. The number of aryl methyl sites for hydroxylation is 1. The zero-order valence-electron chi connectivity index (χ0n) is 11.1. The lowest BCUT2D eigenvalue weighted by atomic mass is 10.1. The van der Waals surface area contributed by atoms with Crippen molar-refractivity contribution in [3.05, 3.63) is 64.4 Å². The molecule has 100 valence electrons. The van der Waals surface area contributed by atoms with Crippen molar-refractivity contribution in [3.8, 4) is 0 Å². The molecule has 19 heavy (non-hydrogen) atoms. The molecule has 0 saturated heterocycles. The summed E-state index contributed by atoms with van der Waals surface area (Å²) in [6, 6.07) is 7.94. The molecule has 0 aliphatic heterocycles. The average molecular weight is 321 g/mol. The zero-order chi connectivity index (χ0) is 14.4. The highest BCUT2D eigenvalue weighted by molar-refractivity contribution is 9.12. The third kappa shape index (κ3) is 3.83. The van der Waals surface area contributed by atoms with Crippen LogP contribution in [0.4, 0.5) is 0 Å². The van der Waals surface area contributed by atoms with Crippen molar-refractivity contribution in [1.82, 2.24) is 10.6 Å². The Bertz CT molecular complexity index is 547. The molecule has 0 aromatic heterocycles. The van der Waals surface area contributed by atoms with Crippen LogP contribution < -0.4 is 10.6 Å². The average Bonchev–Trinajstić information content (AvgIpc) is 2.43. The molecular formula is C15H17BrN2O. The Hall–Kier alpha value is -1.81. The lowest BCUT2D eigenvalue weighted by Crippen LogP contribution is -2.23. The number of carbonyl (C=O) groups is 1. The first kappa shape index (κ1) is 15.2. The minimum absolute atomic E-state index is 0.356. The molecule has 0 aliphatic carbocycles. The Kier molecular flexibility index (Phi) is 5.57. The van der Waals surface area contributed by atoms with Crippen LogP contribution in [0.25, 0.3) is 5.70 Å². The molecule has 0 aliphatic rings. The van der Waals surface area contributed by atoms with Crippen molar-refractivity contribution in [1.29, 1.82) is 0 Å². The summed E-state index contributed by atoms with van der Waals surface area (Å²) in [5.41, 5.74) is 3.25. The first-order chi connectivity index (χ1) is 9.01. The maximum absolute atomic E-state index is 10.7. The van der Waals surface area contributed by atoms with E-state index in [1.165, 1.54) is 0 Å². The van der Waals surface area contributed by atoms with E-state index in [9.17, 15) is 4.79 Å². The van der Waals surface area contributed by atoms with Crippen molar-refractivity contribution in [3.63, 3.8) is 0 Å². The van der Waals surface area contributed by atoms with E-state index in [1.807, 2.05) is 31.2 Å². The second-order valence-corrected chi connectivity index (χ2v) is 4.79. The molecule has 1 rings (SSSR count). The Labute approximate surface area is 122 Å². The first-order valence-corrected chi connectivity index (χ1v) is 6.54. The van der Waals surface area contributed by atoms with Crippen LogP contribution in [0.2, 0.25) is 0 Å². The SMILES string of the molecule is C=C(C=O)/C(Br)=C(\NC)NC(=C)c1ccccc1C. The smallest absolute Gasteiger partial charge is 0.150 e. The predicted octanol–water partition coefficient (Wildman–Crippen LogP) is 3.09. The molecule has 2 N–H and O–H groups in total. The van der Waals surface area contributed by atoms with Gasteiger partial charge in [-0.1, -0.05) is 37.4 Å².